The standard InChI is InChI=1S/C24H31FN8O.ClH/c1-14-10-16(25)18(31-23(34)28-7-6-24(2,3)4)12-17(14)30-19-11-15-13-29-22(26-5)32-20(15)33-9-8-27-21(19)33;/h10-13,27,30H,6-9H2,1-5H3,(H2,28,31,34);1H. The second-order valence-electron chi connectivity index (χ2n) is 9.62. The van der Waals surface area contributed by atoms with Gasteiger partial charge in [0.1, 0.15) is 17.5 Å². The molecule has 0 spiro atoms. The van der Waals surface area contributed by atoms with Crippen molar-refractivity contribution < 1.29 is 9.18 Å². The number of carbonyl (C=O) groups is 1. The molecule has 0 unspecified atom stereocenters. The molecule has 0 saturated carbocycles. The number of amides is 2. The summed E-state index contributed by atoms with van der Waals surface area (Å²) in [4.78, 5) is 25.2. The molecule has 3 aliphatic heterocycles. The van der Waals surface area contributed by atoms with Crippen molar-refractivity contribution in [3.8, 4) is 11.4 Å². The van der Waals surface area contributed by atoms with Gasteiger partial charge in [0, 0.05) is 44.1 Å². The van der Waals surface area contributed by atoms with Gasteiger partial charge in [0.2, 0.25) is 5.62 Å². The molecular weight excluding hydrogens is 471 g/mol. The van der Waals surface area contributed by atoms with Gasteiger partial charge in [-0.2, -0.15) is 4.98 Å². The third-order valence-corrected chi connectivity index (χ3v) is 5.68. The van der Waals surface area contributed by atoms with Gasteiger partial charge in [0.05, 0.1) is 11.4 Å². The summed E-state index contributed by atoms with van der Waals surface area (Å²) in [5, 5.41) is 12.2. The number of aryl methyl sites for hydroxylation is 1. The van der Waals surface area contributed by atoms with Gasteiger partial charge in [-0.3, -0.25) is 4.99 Å². The van der Waals surface area contributed by atoms with Crippen molar-refractivity contribution in [1.29, 1.82) is 0 Å². The first-order valence-electron chi connectivity index (χ1n) is 11.3. The van der Waals surface area contributed by atoms with Crippen LogP contribution < -0.4 is 26.9 Å². The third kappa shape index (κ3) is 6.00. The molecule has 2 amide bonds. The van der Waals surface area contributed by atoms with Crippen molar-refractivity contribution >= 4 is 41.3 Å². The minimum absolute atomic E-state index is 0. The summed E-state index contributed by atoms with van der Waals surface area (Å²) in [6.07, 6.45) is 2.56. The fourth-order valence-corrected chi connectivity index (χ4v) is 3.83. The van der Waals surface area contributed by atoms with Crippen LogP contribution >= 0.6 is 12.4 Å². The highest BCUT2D eigenvalue weighted by atomic mass is 35.5. The summed E-state index contributed by atoms with van der Waals surface area (Å²) in [6, 6.07) is 4.54. The quantitative estimate of drug-likeness (QED) is 0.410. The number of aromatic nitrogens is 3. The van der Waals surface area contributed by atoms with Crippen molar-refractivity contribution in [2.45, 2.75) is 40.7 Å². The molecule has 0 radical (unpaired) electrons. The Kier molecular flexibility index (Phi) is 7.84. The molecule has 0 atom stereocenters. The highest BCUT2D eigenvalue weighted by Crippen LogP contribution is 2.36. The fourth-order valence-electron chi connectivity index (χ4n) is 3.83. The molecule has 4 N–H and O–H groups in total. The van der Waals surface area contributed by atoms with Crippen LogP contribution in [0.15, 0.2) is 29.4 Å². The van der Waals surface area contributed by atoms with Crippen LogP contribution in [-0.2, 0) is 6.54 Å². The van der Waals surface area contributed by atoms with Crippen LogP contribution in [-0.4, -0.2) is 40.7 Å². The normalized spacial score (nSPS) is 13.1. The molecule has 188 valence electrons. The van der Waals surface area contributed by atoms with Crippen LogP contribution in [0.25, 0.3) is 11.4 Å². The smallest absolute Gasteiger partial charge is 0.319 e. The lowest BCUT2D eigenvalue weighted by Gasteiger charge is -2.20. The lowest BCUT2D eigenvalue weighted by atomic mass is 9.92. The Morgan fingerprint density at radius 1 is 1.23 bits per heavy atom. The molecule has 35 heavy (non-hydrogen) atoms. The van der Waals surface area contributed by atoms with Gasteiger partial charge < -0.3 is 25.8 Å². The summed E-state index contributed by atoms with van der Waals surface area (Å²) in [5.74, 6) is 1.19. The second kappa shape index (κ2) is 10.5. The zero-order valence-electron chi connectivity index (χ0n) is 20.6. The average molecular weight is 503 g/mol. The maximum absolute atomic E-state index is 14.6. The maximum atomic E-state index is 14.6. The molecule has 0 aromatic heterocycles. The van der Waals surface area contributed by atoms with E-state index in [1.165, 1.54) is 6.07 Å². The Bertz CT molecular complexity index is 1270. The van der Waals surface area contributed by atoms with Gasteiger partial charge in [-0.25, -0.2) is 14.2 Å². The Morgan fingerprint density at radius 3 is 2.71 bits per heavy atom. The van der Waals surface area contributed by atoms with E-state index in [0.29, 0.717) is 23.4 Å². The van der Waals surface area contributed by atoms with Crippen LogP contribution in [0.5, 0.6) is 0 Å². The van der Waals surface area contributed by atoms with E-state index in [0.717, 1.165) is 42.4 Å². The first kappa shape index (κ1) is 26.2. The number of nitrogens with one attached hydrogen (secondary N) is 4. The summed E-state index contributed by atoms with van der Waals surface area (Å²) in [6.45, 7) is 10.2. The number of hydrogen-bond acceptors (Lipinski definition) is 6. The topological polar surface area (TPSA) is 108 Å². The van der Waals surface area contributed by atoms with E-state index < -0.39 is 11.8 Å². The largest absolute Gasteiger partial charge is 0.368 e. The van der Waals surface area contributed by atoms with E-state index in [2.05, 4.69) is 61.6 Å². The van der Waals surface area contributed by atoms with Crippen LogP contribution in [0.3, 0.4) is 0 Å². The Labute approximate surface area is 210 Å². The number of benzene rings is 1. The molecule has 11 heteroatoms. The number of halogens is 2. The number of anilines is 4. The Morgan fingerprint density at radius 2 is 2.00 bits per heavy atom. The summed E-state index contributed by atoms with van der Waals surface area (Å²) in [5.41, 5.74) is 3.71. The van der Waals surface area contributed by atoms with Crippen LogP contribution in [0.2, 0.25) is 0 Å². The number of urea groups is 1. The second-order valence-corrected chi connectivity index (χ2v) is 9.62. The molecule has 3 aliphatic rings. The van der Waals surface area contributed by atoms with Crippen LogP contribution in [0.1, 0.15) is 32.8 Å². The van der Waals surface area contributed by atoms with E-state index in [4.69, 9.17) is 0 Å². The first-order chi connectivity index (χ1) is 16.1. The van der Waals surface area contributed by atoms with Crippen molar-refractivity contribution in [3.05, 3.63) is 41.4 Å². The van der Waals surface area contributed by atoms with Crippen molar-refractivity contribution in [2.24, 2.45) is 10.4 Å². The van der Waals surface area contributed by atoms with Gasteiger partial charge in [0.25, 0.3) is 0 Å². The molecule has 9 nitrogen and oxygen atoms in total. The van der Waals surface area contributed by atoms with Crippen molar-refractivity contribution in [3.63, 3.8) is 0 Å². The lowest BCUT2D eigenvalue weighted by Crippen LogP contribution is -2.31. The average Bonchev–Trinajstić information content (AvgIpc) is 3.26. The lowest BCUT2D eigenvalue weighted by molar-refractivity contribution is 0.250. The van der Waals surface area contributed by atoms with Crippen LogP contribution in [0.4, 0.5) is 32.1 Å². The molecule has 0 saturated heterocycles. The summed E-state index contributed by atoms with van der Waals surface area (Å²) < 4.78 is 16.7. The van der Waals surface area contributed by atoms with E-state index in [1.54, 1.807) is 19.3 Å². The van der Waals surface area contributed by atoms with Crippen molar-refractivity contribution in [1.82, 2.24) is 19.9 Å². The zero-order chi connectivity index (χ0) is 24.5. The van der Waals surface area contributed by atoms with Gasteiger partial charge in [-0.05, 0) is 42.5 Å². The highest BCUT2D eigenvalue weighted by Gasteiger charge is 2.22. The first-order valence-corrected chi connectivity index (χ1v) is 11.3. The molecule has 0 fully saturated rings. The number of carbonyl (C=O) groups excluding carboxylic acids is 1. The van der Waals surface area contributed by atoms with Gasteiger partial charge in [-0.15, -0.1) is 12.4 Å². The molecule has 3 heterocycles. The minimum atomic E-state index is -0.491. The predicted molar refractivity (Wildman–Crippen MR) is 139 cm³/mol. The minimum Gasteiger partial charge on any atom is -0.368 e. The van der Waals surface area contributed by atoms with E-state index in [1.807, 2.05) is 13.0 Å². The third-order valence-electron chi connectivity index (χ3n) is 5.68. The molecule has 0 bridgehead atoms. The SMILES string of the molecule is CN=c1ncc2cc(Nc3cc(NC(=O)NCCC(C)(C)C)c(F)cc3C)c3n(c-2n1)CCN3.Cl. The molecule has 4 rings (SSSR count). The van der Waals surface area contributed by atoms with Crippen LogP contribution in [0, 0.1) is 18.2 Å². The number of rotatable bonds is 5. The monoisotopic (exact) mass is 502 g/mol. The number of nitrogens with zero attached hydrogens (tertiary/aromatic N) is 4. The predicted octanol–water partition coefficient (Wildman–Crippen LogP) is 4.51. The number of fused-ring (bicyclic) bond motifs is 3. The summed E-state index contributed by atoms with van der Waals surface area (Å²) >= 11 is 0. The summed E-state index contributed by atoms with van der Waals surface area (Å²) in [7, 11) is 1.66. The molecular formula is C24H32ClFN8O. The molecule has 1 aromatic rings. The van der Waals surface area contributed by atoms with Gasteiger partial charge >= 0.3 is 6.03 Å². The molecule has 0 aliphatic carbocycles. The van der Waals surface area contributed by atoms with E-state index in [9.17, 15) is 9.18 Å². The fraction of sp³-hybridized carbons (Fsp3) is 0.417. The van der Waals surface area contributed by atoms with Gasteiger partial charge in [-0.1, -0.05) is 20.8 Å². The van der Waals surface area contributed by atoms with Crippen molar-refractivity contribution in [2.75, 3.05) is 36.1 Å². The Balaban J connectivity index is 0.00000342. The zero-order valence-corrected chi connectivity index (χ0v) is 21.4. The van der Waals surface area contributed by atoms with E-state index >= 15 is 0 Å². The van der Waals surface area contributed by atoms with Gasteiger partial charge in [0.15, 0.2) is 0 Å². The maximum Gasteiger partial charge on any atom is 0.319 e. The van der Waals surface area contributed by atoms with E-state index in [-0.39, 0.29) is 23.5 Å². The number of pyridine rings is 1. The Hall–Kier alpha value is -3.40. The molecule has 1 aromatic carbocycles. The number of hydrogen-bond donors (Lipinski definition) is 4. The highest BCUT2D eigenvalue weighted by molar-refractivity contribution is 5.91.